The number of nitrogens with one attached hydrogen (secondary N) is 1. The summed E-state index contributed by atoms with van der Waals surface area (Å²) in [5, 5.41) is 2.76. The first-order chi connectivity index (χ1) is 11.1. The van der Waals surface area contributed by atoms with Gasteiger partial charge < -0.3 is 14.5 Å². The van der Waals surface area contributed by atoms with Crippen molar-refractivity contribution in [1.82, 2.24) is 10.3 Å². The molecule has 1 amide bonds. The summed E-state index contributed by atoms with van der Waals surface area (Å²) in [5.74, 6) is -0.621. The molecule has 0 aliphatic rings. The van der Waals surface area contributed by atoms with Crippen LogP contribution in [0.25, 0.3) is 17.2 Å². The molecule has 0 radical (unpaired) electrons. The standard InChI is InChI=1S/C17H20N2O4/c1-3-6-12(2)18-15(20)11-22-17(21)10-9-16-19-13-7-4-5-8-14(13)23-16/h4-5,7-10,12H,3,6,11H2,1-2H3,(H,18,20)/b10-9+/t12-/m1/s1. The van der Waals surface area contributed by atoms with Crippen LogP contribution >= 0.6 is 0 Å². The molecule has 122 valence electrons. The topological polar surface area (TPSA) is 81.4 Å². The van der Waals surface area contributed by atoms with E-state index in [1.54, 1.807) is 6.07 Å². The van der Waals surface area contributed by atoms with Gasteiger partial charge >= 0.3 is 5.97 Å². The van der Waals surface area contributed by atoms with E-state index in [0.29, 0.717) is 17.0 Å². The first-order valence-electron chi connectivity index (χ1n) is 7.58. The number of amides is 1. The van der Waals surface area contributed by atoms with Crippen molar-refractivity contribution in [2.24, 2.45) is 0 Å². The number of esters is 1. The first kappa shape index (κ1) is 16.7. The molecule has 2 aromatic rings. The normalized spacial score (nSPS) is 12.4. The smallest absolute Gasteiger partial charge is 0.331 e. The molecule has 0 spiro atoms. The van der Waals surface area contributed by atoms with Crippen molar-refractivity contribution in [1.29, 1.82) is 0 Å². The van der Waals surface area contributed by atoms with E-state index in [2.05, 4.69) is 10.3 Å². The molecular weight excluding hydrogens is 296 g/mol. The number of carbonyl (C=O) groups is 2. The Morgan fingerprint density at radius 3 is 2.91 bits per heavy atom. The lowest BCUT2D eigenvalue weighted by atomic mass is 10.2. The fourth-order valence-electron chi connectivity index (χ4n) is 2.11. The maximum absolute atomic E-state index is 11.6. The fourth-order valence-corrected chi connectivity index (χ4v) is 2.11. The molecule has 1 aromatic carbocycles. The zero-order chi connectivity index (χ0) is 16.7. The van der Waals surface area contributed by atoms with Gasteiger partial charge in [-0.2, -0.15) is 0 Å². The van der Waals surface area contributed by atoms with E-state index in [4.69, 9.17) is 9.15 Å². The van der Waals surface area contributed by atoms with Gasteiger partial charge in [-0.1, -0.05) is 25.5 Å². The number of carbonyl (C=O) groups excluding carboxylic acids is 2. The van der Waals surface area contributed by atoms with Crippen molar-refractivity contribution in [2.45, 2.75) is 32.7 Å². The van der Waals surface area contributed by atoms with Crippen LogP contribution < -0.4 is 5.32 Å². The van der Waals surface area contributed by atoms with E-state index in [1.807, 2.05) is 32.0 Å². The highest BCUT2D eigenvalue weighted by Gasteiger charge is 2.09. The number of para-hydroxylation sites is 2. The highest BCUT2D eigenvalue weighted by Crippen LogP contribution is 2.15. The minimum absolute atomic E-state index is 0.0708. The molecule has 0 fully saturated rings. The second kappa shape index (κ2) is 8.12. The number of oxazole rings is 1. The van der Waals surface area contributed by atoms with Gasteiger partial charge in [-0.3, -0.25) is 4.79 Å². The predicted molar refractivity (Wildman–Crippen MR) is 86.5 cm³/mol. The van der Waals surface area contributed by atoms with E-state index >= 15 is 0 Å². The third-order valence-corrected chi connectivity index (χ3v) is 3.15. The number of ether oxygens (including phenoxy) is 1. The highest BCUT2D eigenvalue weighted by atomic mass is 16.5. The van der Waals surface area contributed by atoms with Crippen molar-refractivity contribution in [3.05, 3.63) is 36.2 Å². The number of hydrogen-bond acceptors (Lipinski definition) is 5. The lowest BCUT2D eigenvalue weighted by molar-refractivity contribution is -0.144. The van der Waals surface area contributed by atoms with Crippen LogP contribution in [0.4, 0.5) is 0 Å². The number of rotatable bonds is 7. The lowest BCUT2D eigenvalue weighted by Gasteiger charge is -2.12. The Morgan fingerprint density at radius 1 is 1.39 bits per heavy atom. The fraction of sp³-hybridized carbons (Fsp3) is 0.353. The van der Waals surface area contributed by atoms with E-state index < -0.39 is 5.97 Å². The Hall–Kier alpha value is -2.63. The molecule has 23 heavy (non-hydrogen) atoms. The Morgan fingerprint density at radius 2 is 2.17 bits per heavy atom. The van der Waals surface area contributed by atoms with E-state index in [1.165, 1.54) is 12.2 Å². The number of benzene rings is 1. The van der Waals surface area contributed by atoms with Gasteiger partial charge in [0.15, 0.2) is 12.2 Å². The van der Waals surface area contributed by atoms with E-state index in [0.717, 1.165) is 12.8 Å². The van der Waals surface area contributed by atoms with Gasteiger partial charge in [-0.15, -0.1) is 0 Å². The average Bonchev–Trinajstić information content (AvgIpc) is 2.94. The lowest BCUT2D eigenvalue weighted by Crippen LogP contribution is -2.35. The van der Waals surface area contributed by atoms with Gasteiger partial charge in [0.1, 0.15) is 5.52 Å². The first-order valence-corrected chi connectivity index (χ1v) is 7.58. The highest BCUT2D eigenvalue weighted by molar-refractivity contribution is 5.89. The van der Waals surface area contributed by atoms with Gasteiger partial charge in [-0.05, 0) is 25.5 Å². The summed E-state index contributed by atoms with van der Waals surface area (Å²) in [7, 11) is 0. The predicted octanol–water partition coefficient (Wildman–Crippen LogP) is 2.69. The van der Waals surface area contributed by atoms with E-state index in [-0.39, 0.29) is 18.6 Å². The molecule has 0 unspecified atom stereocenters. The molecule has 1 N–H and O–H groups in total. The zero-order valence-electron chi connectivity index (χ0n) is 13.2. The van der Waals surface area contributed by atoms with E-state index in [9.17, 15) is 9.59 Å². The quantitative estimate of drug-likeness (QED) is 0.627. The second-order valence-electron chi connectivity index (χ2n) is 5.22. The minimum atomic E-state index is -0.620. The largest absolute Gasteiger partial charge is 0.452 e. The maximum atomic E-state index is 11.6. The molecule has 0 aliphatic carbocycles. The van der Waals surface area contributed by atoms with Crippen LogP contribution in [0.2, 0.25) is 0 Å². The van der Waals surface area contributed by atoms with Crippen LogP contribution in [0.15, 0.2) is 34.8 Å². The Balaban J connectivity index is 1.81. The Kier molecular flexibility index (Phi) is 5.91. The molecule has 0 aliphatic heterocycles. The molecule has 2 rings (SSSR count). The van der Waals surface area contributed by atoms with Gasteiger partial charge in [0, 0.05) is 18.2 Å². The number of aromatic nitrogens is 1. The third kappa shape index (κ3) is 5.25. The molecule has 1 atom stereocenters. The third-order valence-electron chi connectivity index (χ3n) is 3.15. The molecule has 0 saturated heterocycles. The zero-order valence-corrected chi connectivity index (χ0v) is 13.2. The molecule has 0 saturated carbocycles. The summed E-state index contributed by atoms with van der Waals surface area (Å²) in [6, 6.07) is 7.37. The molecular formula is C17H20N2O4. The molecule has 0 bridgehead atoms. The summed E-state index contributed by atoms with van der Waals surface area (Å²) in [6.07, 6.45) is 4.47. The number of fused-ring (bicyclic) bond motifs is 1. The Labute approximate surface area is 134 Å². The van der Waals surface area contributed by atoms with Crippen molar-refractivity contribution in [3.63, 3.8) is 0 Å². The number of hydrogen-bond donors (Lipinski definition) is 1. The minimum Gasteiger partial charge on any atom is -0.452 e. The summed E-state index contributed by atoms with van der Waals surface area (Å²) in [6.45, 7) is 3.65. The van der Waals surface area contributed by atoms with Crippen LogP contribution in [0.1, 0.15) is 32.6 Å². The molecule has 1 aromatic heterocycles. The maximum Gasteiger partial charge on any atom is 0.331 e. The van der Waals surface area contributed by atoms with Crippen LogP contribution in [0, 0.1) is 0 Å². The van der Waals surface area contributed by atoms with Crippen LogP contribution in [-0.4, -0.2) is 29.5 Å². The van der Waals surface area contributed by atoms with Gasteiger partial charge in [-0.25, -0.2) is 9.78 Å². The summed E-state index contributed by atoms with van der Waals surface area (Å²) >= 11 is 0. The summed E-state index contributed by atoms with van der Waals surface area (Å²) in [5.41, 5.74) is 1.36. The van der Waals surface area contributed by atoms with Gasteiger partial charge in [0.2, 0.25) is 5.89 Å². The van der Waals surface area contributed by atoms with Crippen LogP contribution in [0.5, 0.6) is 0 Å². The van der Waals surface area contributed by atoms with Crippen molar-refractivity contribution in [3.8, 4) is 0 Å². The molecule has 1 heterocycles. The SMILES string of the molecule is CCC[C@@H](C)NC(=O)COC(=O)/C=C/c1nc2ccccc2o1. The van der Waals surface area contributed by atoms with Gasteiger partial charge in [0.05, 0.1) is 0 Å². The Bertz CT molecular complexity index is 672. The van der Waals surface area contributed by atoms with Crippen molar-refractivity contribution < 1.29 is 18.7 Å². The van der Waals surface area contributed by atoms with Crippen molar-refractivity contribution >= 4 is 29.1 Å². The average molecular weight is 316 g/mol. The van der Waals surface area contributed by atoms with Gasteiger partial charge in [0.25, 0.3) is 5.91 Å². The molecule has 6 nitrogen and oxygen atoms in total. The molecule has 6 heteroatoms. The number of nitrogens with zero attached hydrogens (tertiary/aromatic N) is 1. The van der Waals surface area contributed by atoms with Crippen molar-refractivity contribution in [2.75, 3.05) is 6.61 Å². The monoisotopic (exact) mass is 316 g/mol. The second-order valence-corrected chi connectivity index (χ2v) is 5.22. The summed E-state index contributed by atoms with van der Waals surface area (Å²) in [4.78, 5) is 27.4. The van der Waals surface area contributed by atoms with Crippen LogP contribution in [0.3, 0.4) is 0 Å². The van der Waals surface area contributed by atoms with Crippen LogP contribution in [-0.2, 0) is 14.3 Å². The summed E-state index contributed by atoms with van der Waals surface area (Å²) < 4.78 is 10.3.